The number of nitrogens with zero attached hydrogens (tertiary/aromatic N) is 3. The van der Waals surface area contributed by atoms with E-state index in [0.29, 0.717) is 0 Å². The Bertz CT molecular complexity index is 1600. The standard InChI is InChI=1S/C32H32N3.ClHO4/c1-32(2)28-22-24(10-16-26-17-15-25-8-6-7-9-29(25)33-26)13-20-30(28)35(5)31(32)21-14-23-11-18-27(19-12-23)34(3)4;2-1(3,4)5/h6-22H,1-5H3;(H,2,3,4,5)/q+1;/p-1. The summed E-state index contributed by atoms with van der Waals surface area (Å²) in [4.78, 5) is 6.89. The van der Waals surface area contributed by atoms with Gasteiger partial charge in [0.15, 0.2) is 5.71 Å². The van der Waals surface area contributed by atoms with Crippen LogP contribution in [0.25, 0.3) is 29.1 Å². The van der Waals surface area contributed by atoms with E-state index < -0.39 is 10.2 Å². The molecule has 0 aliphatic carbocycles. The number of rotatable bonds is 5. The number of aromatic nitrogens is 1. The van der Waals surface area contributed by atoms with Crippen LogP contribution in [0.3, 0.4) is 0 Å². The lowest BCUT2D eigenvalue weighted by Crippen LogP contribution is -2.68. The molecule has 5 rings (SSSR count). The number of allylic oxidation sites excluding steroid dienone is 1. The van der Waals surface area contributed by atoms with Crippen LogP contribution in [0, 0.1) is 10.2 Å². The topological polar surface area (TPSA) is 111 Å². The fourth-order valence-corrected chi connectivity index (χ4v) is 4.87. The van der Waals surface area contributed by atoms with Crippen LogP contribution in [0.5, 0.6) is 0 Å². The van der Waals surface area contributed by atoms with Gasteiger partial charge in [-0.15, -0.1) is 10.2 Å². The van der Waals surface area contributed by atoms with E-state index in [1.54, 1.807) is 0 Å². The van der Waals surface area contributed by atoms with E-state index in [1.807, 2.05) is 12.1 Å². The Morgan fingerprint density at radius 3 is 2.08 bits per heavy atom. The Labute approximate surface area is 237 Å². The number of anilines is 1. The SMILES string of the molecule is CN(C)c1ccc(C=CC2=[N+](C)c3ccc(C=Cc4ccc5ccccc5n4)cc3C2(C)C)cc1.[O-][Cl+3]([O-])([O-])[O-]. The van der Waals surface area contributed by atoms with Crippen LogP contribution in [-0.4, -0.2) is 36.4 Å². The first-order chi connectivity index (χ1) is 18.8. The molecular formula is C32H32ClN3O4. The van der Waals surface area contributed by atoms with Crippen molar-refractivity contribution < 1.29 is 33.5 Å². The molecule has 0 N–H and O–H groups in total. The lowest BCUT2D eigenvalue weighted by atomic mass is 9.80. The molecule has 0 atom stereocenters. The van der Waals surface area contributed by atoms with Crippen LogP contribution in [0.2, 0.25) is 0 Å². The number of hydrogen-bond donors (Lipinski definition) is 0. The zero-order valence-electron chi connectivity index (χ0n) is 23.2. The van der Waals surface area contributed by atoms with E-state index in [2.05, 4.69) is 136 Å². The van der Waals surface area contributed by atoms with Crippen molar-refractivity contribution in [1.29, 1.82) is 0 Å². The summed E-state index contributed by atoms with van der Waals surface area (Å²) in [5.41, 5.74) is 9.40. The van der Waals surface area contributed by atoms with Gasteiger partial charge in [0, 0.05) is 42.9 Å². The minimum Gasteiger partial charge on any atom is -0.378 e. The molecule has 8 heteroatoms. The highest BCUT2D eigenvalue weighted by Crippen LogP contribution is 2.40. The predicted octanol–water partition coefficient (Wildman–Crippen LogP) is 2.43. The second-order valence-corrected chi connectivity index (χ2v) is 11.1. The number of fused-ring (bicyclic) bond motifs is 2. The van der Waals surface area contributed by atoms with Gasteiger partial charge in [0.05, 0.1) is 16.6 Å². The lowest BCUT2D eigenvalue weighted by Gasteiger charge is -2.17. The molecule has 2 heterocycles. The van der Waals surface area contributed by atoms with Crippen molar-refractivity contribution in [3.63, 3.8) is 0 Å². The maximum atomic E-state index is 8.49. The summed E-state index contributed by atoms with van der Waals surface area (Å²) in [5.74, 6) is 0. The van der Waals surface area contributed by atoms with Crippen LogP contribution < -0.4 is 23.5 Å². The maximum absolute atomic E-state index is 8.49. The fourth-order valence-electron chi connectivity index (χ4n) is 4.87. The van der Waals surface area contributed by atoms with Gasteiger partial charge >= 0.3 is 0 Å². The van der Waals surface area contributed by atoms with Crippen molar-refractivity contribution in [2.45, 2.75) is 19.3 Å². The van der Waals surface area contributed by atoms with Gasteiger partial charge in [0.1, 0.15) is 7.05 Å². The van der Waals surface area contributed by atoms with Gasteiger partial charge in [-0.1, -0.05) is 42.5 Å². The Morgan fingerprint density at radius 1 is 0.775 bits per heavy atom. The normalized spacial score (nSPS) is 14.5. The molecule has 1 aromatic heterocycles. The molecule has 0 fully saturated rings. The van der Waals surface area contributed by atoms with Crippen molar-refractivity contribution in [3.8, 4) is 0 Å². The summed E-state index contributed by atoms with van der Waals surface area (Å²) in [6.07, 6.45) is 8.74. The highest BCUT2D eigenvalue weighted by molar-refractivity contribution is 6.05. The van der Waals surface area contributed by atoms with Crippen molar-refractivity contribution in [2.75, 3.05) is 26.0 Å². The third kappa shape index (κ3) is 7.01. The molecule has 1 aliphatic rings. The first-order valence-corrected chi connectivity index (χ1v) is 13.9. The molecule has 0 bridgehead atoms. The number of para-hydroxylation sites is 1. The molecule has 0 amide bonds. The molecular weight excluding hydrogens is 526 g/mol. The molecule has 3 aromatic carbocycles. The number of halogens is 1. The molecule has 40 heavy (non-hydrogen) atoms. The molecule has 0 saturated carbocycles. The highest BCUT2D eigenvalue weighted by atomic mass is 35.7. The van der Waals surface area contributed by atoms with E-state index in [1.165, 1.54) is 33.8 Å². The van der Waals surface area contributed by atoms with E-state index in [4.69, 9.17) is 23.6 Å². The van der Waals surface area contributed by atoms with E-state index in [-0.39, 0.29) is 5.41 Å². The zero-order valence-corrected chi connectivity index (χ0v) is 23.9. The van der Waals surface area contributed by atoms with Gasteiger partial charge in [0.25, 0.3) is 0 Å². The molecule has 0 saturated heterocycles. The zero-order chi connectivity index (χ0) is 29.1. The Hall–Kier alpha value is -3.85. The van der Waals surface area contributed by atoms with Crippen LogP contribution in [0.4, 0.5) is 11.4 Å². The minimum atomic E-state index is -4.94. The van der Waals surface area contributed by atoms with Crippen molar-refractivity contribution in [3.05, 3.63) is 107 Å². The first-order valence-electron chi connectivity index (χ1n) is 12.7. The van der Waals surface area contributed by atoms with E-state index in [9.17, 15) is 0 Å². The Kier molecular flexibility index (Phi) is 8.54. The van der Waals surface area contributed by atoms with Gasteiger partial charge in [-0.3, -0.25) is 0 Å². The smallest absolute Gasteiger partial charge is 0.209 e. The van der Waals surface area contributed by atoms with Crippen molar-refractivity contribution >= 4 is 46.2 Å². The fraction of sp³-hybridized carbons (Fsp3) is 0.188. The number of benzene rings is 3. The quantitative estimate of drug-likeness (QED) is 0.348. The summed E-state index contributed by atoms with van der Waals surface area (Å²) in [6.45, 7) is 4.62. The third-order valence-corrected chi connectivity index (χ3v) is 6.97. The van der Waals surface area contributed by atoms with Gasteiger partial charge < -0.3 is 4.90 Å². The van der Waals surface area contributed by atoms with Gasteiger partial charge in [0.2, 0.25) is 5.69 Å². The first kappa shape index (κ1) is 29.1. The Balaban J connectivity index is 0.000000681. The average molecular weight is 558 g/mol. The van der Waals surface area contributed by atoms with Crippen LogP contribution in [0.15, 0.2) is 84.9 Å². The van der Waals surface area contributed by atoms with E-state index >= 15 is 0 Å². The number of hydrogen-bond acceptors (Lipinski definition) is 6. The second-order valence-electron chi connectivity index (χ2n) is 10.3. The van der Waals surface area contributed by atoms with Gasteiger partial charge in [-0.25, -0.2) is 23.6 Å². The highest BCUT2D eigenvalue weighted by Gasteiger charge is 2.42. The van der Waals surface area contributed by atoms with Crippen LogP contribution in [0.1, 0.15) is 36.2 Å². The lowest BCUT2D eigenvalue weighted by molar-refractivity contribution is -2.00. The summed E-state index contributed by atoms with van der Waals surface area (Å²) in [5, 5.41) is 1.16. The molecule has 1 aliphatic heterocycles. The average Bonchev–Trinajstić information content (AvgIpc) is 3.09. The van der Waals surface area contributed by atoms with E-state index in [0.717, 1.165) is 16.6 Å². The maximum Gasteiger partial charge on any atom is 0.209 e. The molecule has 4 aromatic rings. The predicted molar refractivity (Wildman–Crippen MR) is 151 cm³/mol. The molecule has 0 unspecified atom stereocenters. The third-order valence-electron chi connectivity index (χ3n) is 6.97. The largest absolute Gasteiger partial charge is 0.378 e. The molecule has 206 valence electrons. The minimum absolute atomic E-state index is 0.0881. The van der Waals surface area contributed by atoms with Gasteiger partial charge in [-0.2, -0.15) is 4.58 Å². The number of pyridine rings is 1. The summed E-state index contributed by atoms with van der Waals surface area (Å²) >= 11 is 0. The summed E-state index contributed by atoms with van der Waals surface area (Å²) in [6, 6.07) is 27.8. The van der Waals surface area contributed by atoms with Gasteiger partial charge in [-0.05, 0) is 73.5 Å². The molecule has 0 spiro atoms. The van der Waals surface area contributed by atoms with Crippen molar-refractivity contribution in [2.24, 2.45) is 0 Å². The van der Waals surface area contributed by atoms with Crippen LogP contribution >= 0.6 is 0 Å². The molecule has 0 radical (unpaired) electrons. The molecule has 7 nitrogen and oxygen atoms in total. The summed E-state index contributed by atoms with van der Waals surface area (Å²) < 4.78 is 36.3. The Morgan fingerprint density at radius 2 is 1.40 bits per heavy atom. The second kappa shape index (κ2) is 11.7. The van der Waals surface area contributed by atoms with Crippen molar-refractivity contribution in [1.82, 2.24) is 4.98 Å². The monoisotopic (exact) mass is 557 g/mol. The summed E-state index contributed by atoms with van der Waals surface area (Å²) in [7, 11) is 1.35. The van der Waals surface area contributed by atoms with Crippen LogP contribution in [-0.2, 0) is 5.41 Å².